The van der Waals surface area contributed by atoms with Crippen molar-refractivity contribution < 1.29 is 23.8 Å². The van der Waals surface area contributed by atoms with Crippen LogP contribution in [0.15, 0.2) is 48.5 Å². The minimum atomic E-state index is -0.370. The lowest BCUT2D eigenvalue weighted by Crippen LogP contribution is -2.09. The van der Waals surface area contributed by atoms with Gasteiger partial charge in [-0.25, -0.2) is 4.79 Å². The molecular formula is C23H27NO5. The lowest BCUT2D eigenvalue weighted by atomic mass is 10.2. The second-order valence-electron chi connectivity index (χ2n) is 6.11. The highest BCUT2D eigenvalue weighted by Crippen LogP contribution is 2.29. The fraction of sp³-hybridized carbons (Fsp3) is 0.304. The van der Waals surface area contributed by atoms with Gasteiger partial charge in [0.1, 0.15) is 0 Å². The van der Waals surface area contributed by atoms with Gasteiger partial charge in [-0.3, -0.25) is 4.79 Å². The largest absolute Gasteiger partial charge is 0.490 e. The van der Waals surface area contributed by atoms with Crippen molar-refractivity contribution in [1.82, 2.24) is 0 Å². The van der Waals surface area contributed by atoms with Gasteiger partial charge in [-0.05, 0) is 68.3 Å². The molecule has 0 heterocycles. The molecule has 0 aliphatic carbocycles. The Bertz CT molecular complexity index is 843. The van der Waals surface area contributed by atoms with E-state index >= 15 is 0 Å². The van der Waals surface area contributed by atoms with E-state index in [2.05, 4.69) is 5.32 Å². The minimum absolute atomic E-state index is 0.279. The van der Waals surface area contributed by atoms with E-state index in [0.29, 0.717) is 42.6 Å². The van der Waals surface area contributed by atoms with Gasteiger partial charge in [0.05, 0.1) is 25.4 Å². The van der Waals surface area contributed by atoms with Crippen molar-refractivity contribution in [2.24, 2.45) is 0 Å². The smallest absolute Gasteiger partial charge is 0.338 e. The number of carbonyl (C=O) groups is 2. The topological polar surface area (TPSA) is 73.9 Å². The maximum Gasteiger partial charge on any atom is 0.338 e. The van der Waals surface area contributed by atoms with Gasteiger partial charge in [-0.1, -0.05) is 13.0 Å². The van der Waals surface area contributed by atoms with Gasteiger partial charge in [0.2, 0.25) is 5.91 Å². The standard InChI is InChI=1S/C23H27NO5/c1-4-15-29-23(26)18-9-11-19(12-10-18)24-22(25)14-8-17-7-13-20(27-5-2)21(16-17)28-6-3/h7-14,16H,4-6,15H2,1-3H3,(H,24,25)/b14-8+. The van der Waals surface area contributed by atoms with Crippen molar-refractivity contribution in [3.05, 3.63) is 59.7 Å². The molecule has 0 atom stereocenters. The molecule has 0 saturated carbocycles. The average molecular weight is 397 g/mol. The summed E-state index contributed by atoms with van der Waals surface area (Å²) in [7, 11) is 0. The Labute approximate surface area is 171 Å². The average Bonchev–Trinajstić information content (AvgIpc) is 2.73. The summed E-state index contributed by atoms with van der Waals surface area (Å²) >= 11 is 0. The molecule has 0 unspecified atom stereocenters. The fourth-order valence-electron chi connectivity index (χ4n) is 2.49. The molecule has 29 heavy (non-hydrogen) atoms. The number of amides is 1. The van der Waals surface area contributed by atoms with Gasteiger partial charge in [-0.15, -0.1) is 0 Å². The number of esters is 1. The van der Waals surface area contributed by atoms with Crippen molar-refractivity contribution in [1.29, 1.82) is 0 Å². The lowest BCUT2D eigenvalue weighted by Gasteiger charge is -2.11. The number of anilines is 1. The molecule has 0 spiro atoms. The summed E-state index contributed by atoms with van der Waals surface area (Å²) in [6.07, 6.45) is 3.91. The van der Waals surface area contributed by atoms with Crippen LogP contribution in [0.5, 0.6) is 11.5 Å². The van der Waals surface area contributed by atoms with E-state index in [4.69, 9.17) is 14.2 Å². The molecule has 2 aromatic rings. The monoisotopic (exact) mass is 397 g/mol. The molecule has 2 rings (SSSR count). The fourth-order valence-corrected chi connectivity index (χ4v) is 2.49. The van der Waals surface area contributed by atoms with Crippen LogP contribution in [-0.4, -0.2) is 31.7 Å². The first-order valence-corrected chi connectivity index (χ1v) is 9.73. The van der Waals surface area contributed by atoms with Crippen LogP contribution in [0.4, 0.5) is 5.69 Å². The predicted molar refractivity (Wildman–Crippen MR) is 113 cm³/mol. The van der Waals surface area contributed by atoms with Gasteiger partial charge in [0.25, 0.3) is 0 Å². The van der Waals surface area contributed by atoms with Gasteiger partial charge < -0.3 is 19.5 Å². The predicted octanol–water partition coefficient (Wildman–Crippen LogP) is 4.70. The molecule has 0 saturated heterocycles. The number of benzene rings is 2. The van der Waals surface area contributed by atoms with Crippen LogP contribution in [0.25, 0.3) is 6.08 Å². The molecule has 0 fully saturated rings. The van der Waals surface area contributed by atoms with E-state index in [1.165, 1.54) is 6.08 Å². The first kappa shape index (κ1) is 22.0. The summed E-state index contributed by atoms with van der Waals surface area (Å²) < 4.78 is 16.2. The second kappa shape index (κ2) is 11.5. The van der Waals surface area contributed by atoms with E-state index in [1.807, 2.05) is 39.0 Å². The third-order valence-electron chi connectivity index (χ3n) is 3.82. The summed E-state index contributed by atoms with van der Waals surface area (Å²) in [5.41, 5.74) is 1.86. The van der Waals surface area contributed by atoms with Crippen molar-refractivity contribution in [3.8, 4) is 11.5 Å². The third-order valence-corrected chi connectivity index (χ3v) is 3.82. The molecule has 154 valence electrons. The summed E-state index contributed by atoms with van der Waals surface area (Å²) in [5.74, 6) is 0.666. The van der Waals surface area contributed by atoms with Crippen LogP contribution in [0.1, 0.15) is 43.1 Å². The zero-order chi connectivity index (χ0) is 21.1. The highest BCUT2D eigenvalue weighted by molar-refractivity contribution is 6.02. The first-order valence-electron chi connectivity index (χ1n) is 9.73. The van der Waals surface area contributed by atoms with Crippen LogP contribution in [0.2, 0.25) is 0 Å². The van der Waals surface area contributed by atoms with Crippen LogP contribution in [-0.2, 0) is 9.53 Å². The van der Waals surface area contributed by atoms with Crippen molar-refractivity contribution in [3.63, 3.8) is 0 Å². The van der Waals surface area contributed by atoms with Gasteiger partial charge in [-0.2, -0.15) is 0 Å². The van der Waals surface area contributed by atoms with Crippen molar-refractivity contribution in [2.75, 3.05) is 25.1 Å². The molecule has 0 radical (unpaired) electrons. The Morgan fingerprint density at radius 1 is 0.931 bits per heavy atom. The molecule has 6 heteroatoms. The SMILES string of the molecule is CCCOC(=O)c1ccc(NC(=O)/C=C/c2ccc(OCC)c(OCC)c2)cc1. The number of rotatable bonds is 10. The number of hydrogen-bond acceptors (Lipinski definition) is 5. The molecule has 0 aromatic heterocycles. The highest BCUT2D eigenvalue weighted by Gasteiger charge is 2.07. The molecule has 6 nitrogen and oxygen atoms in total. The Morgan fingerprint density at radius 3 is 2.28 bits per heavy atom. The summed E-state index contributed by atoms with van der Waals surface area (Å²) in [4.78, 5) is 24.0. The normalized spacial score (nSPS) is 10.6. The van der Waals surface area contributed by atoms with Crippen LogP contribution in [0.3, 0.4) is 0 Å². The van der Waals surface area contributed by atoms with Crippen LogP contribution < -0.4 is 14.8 Å². The highest BCUT2D eigenvalue weighted by atomic mass is 16.5. The van der Waals surface area contributed by atoms with Crippen LogP contribution >= 0.6 is 0 Å². The maximum absolute atomic E-state index is 12.2. The number of carbonyl (C=O) groups excluding carboxylic acids is 2. The first-order chi connectivity index (χ1) is 14.1. The Hall–Kier alpha value is -3.28. The van der Waals surface area contributed by atoms with E-state index in [9.17, 15) is 9.59 Å². The van der Waals surface area contributed by atoms with E-state index in [0.717, 1.165) is 12.0 Å². The molecule has 1 N–H and O–H groups in total. The zero-order valence-corrected chi connectivity index (χ0v) is 17.1. The summed E-state index contributed by atoms with van der Waals surface area (Å²) in [5, 5.41) is 2.76. The summed E-state index contributed by atoms with van der Waals surface area (Å²) in [6, 6.07) is 12.1. The number of hydrogen-bond donors (Lipinski definition) is 1. The second-order valence-corrected chi connectivity index (χ2v) is 6.11. The lowest BCUT2D eigenvalue weighted by molar-refractivity contribution is -0.111. The van der Waals surface area contributed by atoms with Gasteiger partial charge in [0, 0.05) is 11.8 Å². The maximum atomic E-state index is 12.2. The molecular weight excluding hydrogens is 370 g/mol. The Kier molecular flexibility index (Phi) is 8.76. The van der Waals surface area contributed by atoms with Gasteiger partial charge in [0.15, 0.2) is 11.5 Å². The zero-order valence-electron chi connectivity index (χ0n) is 17.1. The molecule has 0 aliphatic heterocycles. The van der Waals surface area contributed by atoms with E-state index in [1.54, 1.807) is 30.3 Å². The molecule has 2 aromatic carbocycles. The van der Waals surface area contributed by atoms with E-state index in [-0.39, 0.29) is 11.9 Å². The molecule has 1 amide bonds. The number of ether oxygens (including phenoxy) is 3. The third kappa shape index (κ3) is 6.99. The molecule has 0 aliphatic rings. The van der Waals surface area contributed by atoms with Crippen molar-refractivity contribution in [2.45, 2.75) is 27.2 Å². The van der Waals surface area contributed by atoms with Gasteiger partial charge >= 0.3 is 5.97 Å². The van der Waals surface area contributed by atoms with Crippen molar-refractivity contribution >= 4 is 23.6 Å². The molecule has 0 bridgehead atoms. The van der Waals surface area contributed by atoms with Crippen LogP contribution in [0, 0.1) is 0 Å². The Balaban J connectivity index is 1.98. The number of nitrogens with one attached hydrogen (secondary N) is 1. The Morgan fingerprint density at radius 2 is 1.62 bits per heavy atom. The minimum Gasteiger partial charge on any atom is -0.490 e. The van der Waals surface area contributed by atoms with E-state index < -0.39 is 0 Å². The summed E-state index contributed by atoms with van der Waals surface area (Å²) in [6.45, 7) is 7.21. The quantitative estimate of drug-likeness (QED) is 0.465.